The molecule has 7 heteroatoms. The summed E-state index contributed by atoms with van der Waals surface area (Å²) in [6.07, 6.45) is 0.964. The van der Waals surface area contributed by atoms with E-state index in [2.05, 4.69) is 60.0 Å². The molecule has 1 N–H and O–H groups in total. The van der Waals surface area contributed by atoms with Gasteiger partial charge in [-0.1, -0.05) is 24.6 Å². The second-order valence-corrected chi connectivity index (χ2v) is 9.41. The fraction of sp³-hybridized carbons (Fsp3) is 0.286. The topological polar surface area (TPSA) is 12.0 Å². The van der Waals surface area contributed by atoms with Gasteiger partial charge in [0.05, 0.1) is 18.6 Å². The van der Waals surface area contributed by atoms with Gasteiger partial charge in [-0.25, -0.2) is 4.39 Å². The zero-order chi connectivity index (χ0) is 15.6. The Labute approximate surface area is 157 Å². The van der Waals surface area contributed by atoms with Crippen LogP contribution in [0, 0.1) is 5.82 Å². The smallest absolute Gasteiger partial charge is 0.148 e. The van der Waals surface area contributed by atoms with Gasteiger partial charge in [0.25, 0.3) is 0 Å². The van der Waals surface area contributed by atoms with Gasteiger partial charge in [-0.05, 0) is 78.5 Å². The quantitative estimate of drug-likeness (QED) is 0.422. The van der Waals surface area contributed by atoms with Crippen molar-refractivity contribution in [3.05, 3.63) is 52.2 Å². The molecule has 0 amide bonds. The Morgan fingerprint density at radius 2 is 2.00 bits per heavy atom. The van der Waals surface area contributed by atoms with Gasteiger partial charge in [0.15, 0.2) is 0 Å². The van der Waals surface area contributed by atoms with Gasteiger partial charge >= 0.3 is 0 Å². The van der Waals surface area contributed by atoms with Crippen molar-refractivity contribution in [1.29, 1.82) is 0 Å². The van der Waals surface area contributed by atoms with Crippen molar-refractivity contribution in [2.75, 3.05) is 6.54 Å². The first-order valence-electron chi connectivity index (χ1n) is 6.27. The predicted molar refractivity (Wildman–Crippen MR) is 99.0 cm³/mol. The van der Waals surface area contributed by atoms with Crippen molar-refractivity contribution in [3.8, 4) is 0 Å². The normalized spacial score (nSPS) is 12.7. The summed E-state index contributed by atoms with van der Waals surface area (Å²) >= 11 is 17.9. The molecule has 1 heterocycles. The second-order valence-electron chi connectivity index (χ2n) is 4.43. The monoisotopic (exact) mass is 517 g/mol. The van der Waals surface area contributed by atoms with Crippen molar-refractivity contribution in [2.24, 2.45) is 0 Å². The molecule has 0 aliphatic rings. The number of nitrogens with one attached hydrogen (secondary N) is 1. The van der Waals surface area contributed by atoms with E-state index in [1.54, 1.807) is 23.5 Å². The Bertz CT molecular complexity index is 647. The van der Waals surface area contributed by atoms with Crippen LogP contribution in [0.3, 0.4) is 0 Å². The summed E-state index contributed by atoms with van der Waals surface area (Å²) in [6, 6.07) is 5.29. The minimum Gasteiger partial charge on any atom is -0.306 e. The number of benzene rings is 1. The summed E-state index contributed by atoms with van der Waals surface area (Å²) in [5.41, 5.74) is 1.54. The van der Waals surface area contributed by atoms with Crippen LogP contribution in [0.15, 0.2) is 30.2 Å². The third kappa shape index (κ3) is 4.09. The summed E-state index contributed by atoms with van der Waals surface area (Å²) in [4.78, 5) is 0. The van der Waals surface area contributed by atoms with Gasteiger partial charge in [-0.15, -0.1) is 11.3 Å². The summed E-state index contributed by atoms with van der Waals surface area (Å²) in [5.74, 6) is -0.395. The van der Waals surface area contributed by atoms with E-state index in [1.807, 2.05) is 6.07 Å². The molecule has 0 fully saturated rings. The van der Waals surface area contributed by atoms with Gasteiger partial charge in [0.1, 0.15) is 5.82 Å². The third-order valence-electron chi connectivity index (χ3n) is 2.97. The molecule has 1 unspecified atom stereocenters. The summed E-state index contributed by atoms with van der Waals surface area (Å²) < 4.78 is 17.1. The molecule has 0 radical (unpaired) electrons. The second kappa shape index (κ2) is 7.88. The average Bonchev–Trinajstić information content (AvgIpc) is 2.77. The zero-order valence-corrected chi connectivity index (χ0v) is 17.4. The van der Waals surface area contributed by atoms with Gasteiger partial charge < -0.3 is 5.32 Å². The molecule has 2 rings (SSSR count). The standard InChI is InChI=1S/C14H12Br3ClFNS/c1-2-5-20-13(8-6-10(16)21-14(8)17)7-3-4-9(15)11(18)12(7)19/h3-4,6,13,20H,2,5H2,1H3. The predicted octanol–water partition coefficient (Wildman–Crippen LogP) is 6.92. The van der Waals surface area contributed by atoms with E-state index < -0.39 is 5.82 Å². The van der Waals surface area contributed by atoms with Crippen molar-refractivity contribution in [3.63, 3.8) is 0 Å². The van der Waals surface area contributed by atoms with E-state index in [0.717, 1.165) is 26.1 Å². The fourth-order valence-electron chi connectivity index (χ4n) is 1.99. The Kier molecular flexibility index (Phi) is 6.71. The minimum absolute atomic E-state index is 0.112. The highest BCUT2D eigenvalue weighted by Crippen LogP contribution is 2.40. The Morgan fingerprint density at radius 3 is 2.57 bits per heavy atom. The molecule has 21 heavy (non-hydrogen) atoms. The number of thiophene rings is 1. The van der Waals surface area contributed by atoms with Crippen molar-refractivity contribution in [2.45, 2.75) is 19.4 Å². The highest BCUT2D eigenvalue weighted by Gasteiger charge is 2.23. The van der Waals surface area contributed by atoms with E-state index in [9.17, 15) is 4.39 Å². The minimum atomic E-state index is -0.395. The van der Waals surface area contributed by atoms with Crippen LogP contribution >= 0.6 is 70.7 Å². The number of hydrogen-bond donors (Lipinski definition) is 1. The summed E-state index contributed by atoms with van der Waals surface area (Å²) in [7, 11) is 0. The first kappa shape index (κ1) is 17.9. The largest absolute Gasteiger partial charge is 0.306 e. The molecular formula is C14H12Br3ClFNS. The maximum Gasteiger partial charge on any atom is 0.148 e. The van der Waals surface area contributed by atoms with Gasteiger partial charge in [0, 0.05) is 10.0 Å². The Morgan fingerprint density at radius 1 is 1.29 bits per heavy atom. The maximum atomic E-state index is 14.5. The molecule has 0 aliphatic heterocycles. The molecule has 1 nitrogen and oxygen atoms in total. The van der Waals surface area contributed by atoms with E-state index in [4.69, 9.17) is 11.6 Å². The van der Waals surface area contributed by atoms with Gasteiger partial charge in [0.2, 0.25) is 0 Å². The lowest BCUT2D eigenvalue weighted by Gasteiger charge is -2.20. The van der Waals surface area contributed by atoms with Crippen LogP contribution < -0.4 is 5.32 Å². The van der Waals surface area contributed by atoms with Crippen LogP contribution in [0.25, 0.3) is 0 Å². The Balaban J connectivity index is 2.50. The summed E-state index contributed by atoms with van der Waals surface area (Å²) in [5, 5.41) is 3.50. The van der Waals surface area contributed by atoms with Crippen molar-refractivity contribution in [1.82, 2.24) is 5.32 Å². The number of rotatable bonds is 5. The zero-order valence-electron chi connectivity index (χ0n) is 11.0. The van der Waals surface area contributed by atoms with E-state index in [1.165, 1.54) is 0 Å². The lowest BCUT2D eigenvalue weighted by Crippen LogP contribution is -2.24. The molecule has 1 aromatic heterocycles. The third-order valence-corrected chi connectivity index (χ3v) is 6.61. The van der Waals surface area contributed by atoms with Gasteiger partial charge in [-0.3, -0.25) is 0 Å². The molecule has 0 saturated heterocycles. The van der Waals surface area contributed by atoms with Crippen molar-refractivity contribution >= 4 is 70.7 Å². The Hall–Kier alpha value is 0.540. The number of hydrogen-bond acceptors (Lipinski definition) is 2. The van der Waals surface area contributed by atoms with Crippen LogP contribution in [0.5, 0.6) is 0 Å². The number of halogens is 5. The molecule has 1 atom stereocenters. The van der Waals surface area contributed by atoms with Crippen LogP contribution in [-0.2, 0) is 0 Å². The van der Waals surface area contributed by atoms with Crippen LogP contribution in [0.1, 0.15) is 30.5 Å². The molecule has 1 aromatic carbocycles. The van der Waals surface area contributed by atoms with Crippen LogP contribution in [-0.4, -0.2) is 6.54 Å². The van der Waals surface area contributed by atoms with Gasteiger partial charge in [-0.2, -0.15) is 0 Å². The molecule has 2 aromatic rings. The lowest BCUT2D eigenvalue weighted by molar-refractivity contribution is 0.546. The molecule has 0 aliphatic carbocycles. The fourth-order valence-corrected chi connectivity index (χ4v) is 5.37. The molecular weight excluding hydrogens is 508 g/mol. The SMILES string of the molecule is CCCNC(c1cc(Br)sc1Br)c1ccc(Br)c(Cl)c1F. The lowest BCUT2D eigenvalue weighted by atomic mass is 10.0. The van der Waals surface area contributed by atoms with Crippen LogP contribution in [0.2, 0.25) is 5.02 Å². The molecule has 114 valence electrons. The molecule has 0 bridgehead atoms. The highest BCUT2D eigenvalue weighted by molar-refractivity contribution is 9.12. The van der Waals surface area contributed by atoms with E-state index >= 15 is 0 Å². The van der Waals surface area contributed by atoms with Crippen molar-refractivity contribution < 1.29 is 4.39 Å². The maximum absolute atomic E-state index is 14.5. The van der Waals surface area contributed by atoms with E-state index in [-0.39, 0.29) is 11.1 Å². The van der Waals surface area contributed by atoms with E-state index in [0.29, 0.717) is 10.0 Å². The average molecular weight is 520 g/mol. The van der Waals surface area contributed by atoms with Crippen LogP contribution in [0.4, 0.5) is 4.39 Å². The first-order chi connectivity index (χ1) is 9.95. The summed E-state index contributed by atoms with van der Waals surface area (Å²) in [6.45, 7) is 2.87. The molecule has 0 saturated carbocycles. The highest BCUT2D eigenvalue weighted by atomic mass is 79.9. The molecule has 0 spiro atoms. The first-order valence-corrected chi connectivity index (χ1v) is 9.84.